The van der Waals surface area contributed by atoms with Crippen molar-refractivity contribution in [2.45, 2.75) is 23.8 Å². The molecule has 1 N–H and O–H groups in total. The zero-order valence-electron chi connectivity index (χ0n) is 17.0. The van der Waals surface area contributed by atoms with E-state index in [0.29, 0.717) is 21.0 Å². The minimum absolute atomic E-state index is 0.343. The molecule has 10 heteroatoms. The number of thiophene rings is 2. The number of esters is 1. The summed E-state index contributed by atoms with van der Waals surface area (Å²) in [5, 5.41) is 15.5. The summed E-state index contributed by atoms with van der Waals surface area (Å²) in [4.78, 5) is 36.4. The van der Waals surface area contributed by atoms with Crippen LogP contribution in [-0.2, 0) is 9.53 Å². The highest BCUT2D eigenvalue weighted by Gasteiger charge is 2.19. The molecule has 3 aromatic heterocycles. The maximum atomic E-state index is 12.7. The lowest BCUT2D eigenvalue weighted by atomic mass is 10.2. The first-order valence-electron chi connectivity index (χ1n) is 9.40. The van der Waals surface area contributed by atoms with Crippen molar-refractivity contribution in [3.05, 3.63) is 63.6 Å². The van der Waals surface area contributed by atoms with Crippen LogP contribution in [0.3, 0.4) is 0 Å². The third-order valence-electron chi connectivity index (χ3n) is 4.62. The standard InChI is InChI=1S/C22H16N4O3S3/c1-12-13(2)31-20-18(12)21(25-11-24-20)32-16-6-4-3-5-15(16)22(28)29-10-17(27)26-19-14(9-23)7-8-30-19/h3-8,11H,10H2,1-2H3,(H,26,27). The van der Waals surface area contributed by atoms with E-state index >= 15 is 0 Å². The van der Waals surface area contributed by atoms with Crippen molar-refractivity contribution in [1.29, 1.82) is 5.26 Å². The van der Waals surface area contributed by atoms with Gasteiger partial charge in [-0.15, -0.1) is 22.7 Å². The Bertz CT molecular complexity index is 1370. The Kier molecular flexibility index (Phi) is 6.50. The molecule has 0 saturated heterocycles. The van der Waals surface area contributed by atoms with E-state index in [1.165, 1.54) is 34.3 Å². The molecule has 0 spiro atoms. The molecule has 0 aliphatic carbocycles. The van der Waals surface area contributed by atoms with Crippen molar-refractivity contribution in [2.75, 3.05) is 11.9 Å². The van der Waals surface area contributed by atoms with E-state index in [9.17, 15) is 9.59 Å². The maximum Gasteiger partial charge on any atom is 0.339 e. The normalized spacial score (nSPS) is 10.7. The average Bonchev–Trinajstić information content (AvgIpc) is 3.36. The minimum Gasteiger partial charge on any atom is -0.452 e. The van der Waals surface area contributed by atoms with Gasteiger partial charge in [-0.3, -0.25) is 4.79 Å². The van der Waals surface area contributed by atoms with E-state index in [4.69, 9.17) is 10.00 Å². The van der Waals surface area contributed by atoms with E-state index in [0.717, 1.165) is 20.8 Å². The number of fused-ring (bicyclic) bond motifs is 1. The van der Waals surface area contributed by atoms with Crippen LogP contribution >= 0.6 is 34.4 Å². The summed E-state index contributed by atoms with van der Waals surface area (Å²) in [5.74, 6) is -1.12. The monoisotopic (exact) mass is 480 g/mol. The van der Waals surface area contributed by atoms with E-state index in [1.807, 2.05) is 32.0 Å². The van der Waals surface area contributed by atoms with Gasteiger partial charge in [0.25, 0.3) is 5.91 Å². The highest BCUT2D eigenvalue weighted by molar-refractivity contribution is 7.99. The first-order chi connectivity index (χ1) is 15.5. The Morgan fingerprint density at radius 3 is 2.84 bits per heavy atom. The predicted molar refractivity (Wildman–Crippen MR) is 125 cm³/mol. The SMILES string of the molecule is Cc1sc2ncnc(Sc3ccccc3C(=O)OCC(=O)Nc3sccc3C#N)c2c1C. The molecule has 4 rings (SSSR count). The Labute approximate surface area is 196 Å². The smallest absolute Gasteiger partial charge is 0.339 e. The van der Waals surface area contributed by atoms with Gasteiger partial charge in [0.05, 0.1) is 11.1 Å². The zero-order valence-corrected chi connectivity index (χ0v) is 19.5. The third kappa shape index (κ3) is 4.50. The van der Waals surface area contributed by atoms with Crippen LogP contribution in [0.25, 0.3) is 10.2 Å². The molecule has 32 heavy (non-hydrogen) atoms. The van der Waals surface area contributed by atoms with Crippen LogP contribution in [0, 0.1) is 25.2 Å². The van der Waals surface area contributed by atoms with Crippen molar-refractivity contribution >= 4 is 61.5 Å². The van der Waals surface area contributed by atoms with Crippen molar-refractivity contribution < 1.29 is 14.3 Å². The molecular formula is C22H16N4O3S3. The van der Waals surface area contributed by atoms with Crippen LogP contribution < -0.4 is 5.32 Å². The van der Waals surface area contributed by atoms with Gasteiger partial charge in [-0.05, 0) is 43.0 Å². The van der Waals surface area contributed by atoms with E-state index in [2.05, 4.69) is 15.3 Å². The molecule has 0 atom stereocenters. The predicted octanol–water partition coefficient (Wildman–Crippen LogP) is 5.19. The lowest BCUT2D eigenvalue weighted by Gasteiger charge is -2.10. The Hall–Kier alpha value is -3.26. The summed E-state index contributed by atoms with van der Waals surface area (Å²) in [6.45, 7) is 3.62. The number of rotatable bonds is 6. The highest BCUT2D eigenvalue weighted by atomic mass is 32.2. The lowest BCUT2D eigenvalue weighted by Crippen LogP contribution is -2.21. The van der Waals surface area contributed by atoms with E-state index in [1.54, 1.807) is 34.9 Å². The van der Waals surface area contributed by atoms with Crippen LogP contribution in [0.1, 0.15) is 26.4 Å². The second kappa shape index (κ2) is 9.48. The summed E-state index contributed by atoms with van der Waals surface area (Å²) in [6.07, 6.45) is 1.52. The third-order valence-corrected chi connectivity index (χ3v) is 7.64. The molecule has 0 unspecified atom stereocenters. The molecule has 0 radical (unpaired) electrons. The average molecular weight is 481 g/mol. The van der Waals surface area contributed by atoms with Gasteiger partial charge in [-0.1, -0.05) is 23.9 Å². The Morgan fingerprint density at radius 1 is 1.22 bits per heavy atom. The lowest BCUT2D eigenvalue weighted by molar-refractivity contribution is -0.119. The van der Waals surface area contributed by atoms with Gasteiger partial charge in [0, 0.05) is 15.2 Å². The van der Waals surface area contributed by atoms with Crippen LogP contribution in [0.15, 0.2) is 52.0 Å². The van der Waals surface area contributed by atoms with Gasteiger partial charge in [0.15, 0.2) is 6.61 Å². The molecule has 4 aromatic rings. The number of ether oxygens (including phenoxy) is 1. The summed E-state index contributed by atoms with van der Waals surface area (Å²) in [6, 6.07) is 10.6. The number of carbonyl (C=O) groups is 2. The van der Waals surface area contributed by atoms with Crippen molar-refractivity contribution in [1.82, 2.24) is 9.97 Å². The number of hydrogen-bond donors (Lipinski definition) is 1. The second-order valence-electron chi connectivity index (χ2n) is 6.64. The van der Waals surface area contributed by atoms with Gasteiger partial charge in [0.2, 0.25) is 0 Å². The largest absolute Gasteiger partial charge is 0.452 e. The molecule has 1 amide bonds. The number of amides is 1. The van der Waals surface area contributed by atoms with Gasteiger partial charge in [-0.2, -0.15) is 5.26 Å². The van der Waals surface area contributed by atoms with E-state index in [-0.39, 0.29) is 0 Å². The quantitative estimate of drug-likeness (QED) is 0.299. The Morgan fingerprint density at radius 2 is 2.03 bits per heavy atom. The fourth-order valence-electron chi connectivity index (χ4n) is 2.92. The van der Waals surface area contributed by atoms with Crippen LogP contribution in [0.5, 0.6) is 0 Å². The maximum absolute atomic E-state index is 12.7. The number of nitriles is 1. The molecule has 160 valence electrons. The summed E-state index contributed by atoms with van der Waals surface area (Å²) >= 11 is 4.20. The molecule has 0 aliphatic rings. The number of nitrogens with zero attached hydrogens (tertiary/aromatic N) is 3. The number of aromatic nitrogens is 2. The molecule has 3 heterocycles. The topological polar surface area (TPSA) is 105 Å². The highest BCUT2D eigenvalue weighted by Crippen LogP contribution is 2.38. The fourth-order valence-corrected chi connectivity index (χ4v) is 5.80. The van der Waals surface area contributed by atoms with E-state index < -0.39 is 18.5 Å². The van der Waals surface area contributed by atoms with Crippen molar-refractivity contribution in [3.8, 4) is 6.07 Å². The van der Waals surface area contributed by atoms with Gasteiger partial charge < -0.3 is 10.1 Å². The van der Waals surface area contributed by atoms with Gasteiger partial charge in [0.1, 0.15) is 27.3 Å². The molecular weight excluding hydrogens is 464 g/mol. The van der Waals surface area contributed by atoms with Crippen LogP contribution in [-0.4, -0.2) is 28.5 Å². The zero-order chi connectivity index (χ0) is 22.7. The summed E-state index contributed by atoms with van der Waals surface area (Å²) in [7, 11) is 0. The summed E-state index contributed by atoms with van der Waals surface area (Å²) in [5.41, 5.74) is 1.83. The number of anilines is 1. The van der Waals surface area contributed by atoms with Gasteiger partial charge >= 0.3 is 5.97 Å². The molecule has 0 aliphatic heterocycles. The van der Waals surface area contributed by atoms with Gasteiger partial charge in [-0.25, -0.2) is 14.8 Å². The number of hydrogen-bond acceptors (Lipinski definition) is 9. The minimum atomic E-state index is -0.613. The van der Waals surface area contributed by atoms with Crippen LogP contribution in [0.4, 0.5) is 5.00 Å². The molecule has 7 nitrogen and oxygen atoms in total. The first kappa shape index (κ1) is 22.0. The Balaban J connectivity index is 1.50. The summed E-state index contributed by atoms with van der Waals surface area (Å²) < 4.78 is 5.23. The molecule has 1 aromatic carbocycles. The number of nitrogens with one attached hydrogen (secondary N) is 1. The fraction of sp³-hybridized carbons (Fsp3) is 0.136. The molecule has 0 fully saturated rings. The number of benzene rings is 1. The number of carbonyl (C=O) groups excluding carboxylic acids is 2. The molecule has 0 saturated carbocycles. The first-order valence-corrected chi connectivity index (χ1v) is 11.9. The van der Waals surface area contributed by atoms with Crippen molar-refractivity contribution in [3.63, 3.8) is 0 Å². The van der Waals surface area contributed by atoms with Crippen molar-refractivity contribution in [2.24, 2.45) is 0 Å². The molecule has 0 bridgehead atoms. The van der Waals surface area contributed by atoms with Crippen LogP contribution in [0.2, 0.25) is 0 Å². The second-order valence-corrected chi connectivity index (χ2v) is 9.79. The number of aryl methyl sites for hydroxylation is 2.